The van der Waals surface area contributed by atoms with Crippen LogP contribution in [0.2, 0.25) is 0 Å². The fourth-order valence-electron chi connectivity index (χ4n) is 4.02. The molecule has 1 heterocycles. The molecule has 0 unspecified atom stereocenters. The van der Waals surface area contributed by atoms with E-state index in [4.69, 9.17) is 14.0 Å². The Balaban J connectivity index is 1.56. The summed E-state index contributed by atoms with van der Waals surface area (Å²) in [5, 5.41) is 4.04. The molecule has 3 aromatic carbocycles. The Labute approximate surface area is 217 Å². The lowest BCUT2D eigenvalue weighted by atomic mass is 10.0. The van der Waals surface area contributed by atoms with Crippen LogP contribution in [0.4, 0.5) is 13.2 Å². The average molecular weight is 526 g/mol. The van der Waals surface area contributed by atoms with Crippen LogP contribution >= 0.6 is 0 Å². The van der Waals surface area contributed by atoms with Crippen molar-refractivity contribution in [2.45, 2.75) is 25.6 Å². The Bertz CT molecular complexity index is 1370. The lowest BCUT2D eigenvalue weighted by molar-refractivity contribution is -0.137. The first-order chi connectivity index (χ1) is 18.2. The largest absolute Gasteiger partial charge is 0.493 e. The zero-order valence-corrected chi connectivity index (χ0v) is 21.0. The molecule has 0 fully saturated rings. The topological polar surface area (TPSA) is 77.7 Å². The minimum atomic E-state index is -4.48. The maximum absolute atomic E-state index is 13.5. The highest BCUT2D eigenvalue weighted by molar-refractivity contribution is 5.94. The number of alkyl halides is 3. The van der Waals surface area contributed by atoms with E-state index < -0.39 is 17.6 Å². The number of aromatic nitrogens is 2. The van der Waals surface area contributed by atoms with Crippen molar-refractivity contribution in [1.29, 1.82) is 0 Å². The summed E-state index contributed by atoms with van der Waals surface area (Å²) in [6.45, 7) is 2.06. The normalized spacial score (nSPS) is 12.2. The van der Waals surface area contributed by atoms with Crippen molar-refractivity contribution in [2.75, 3.05) is 20.8 Å². The summed E-state index contributed by atoms with van der Waals surface area (Å²) in [6.07, 6.45) is -4.24. The minimum Gasteiger partial charge on any atom is -0.493 e. The lowest BCUT2D eigenvalue weighted by Crippen LogP contribution is -2.35. The molecule has 0 radical (unpaired) electrons. The molecule has 10 heteroatoms. The van der Waals surface area contributed by atoms with Crippen LogP contribution in [0.15, 0.2) is 77.3 Å². The van der Waals surface area contributed by atoms with Crippen molar-refractivity contribution in [3.63, 3.8) is 0 Å². The van der Waals surface area contributed by atoms with Gasteiger partial charge in [0.25, 0.3) is 5.91 Å². The second-order valence-corrected chi connectivity index (χ2v) is 8.49. The summed E-state index contributed by atoms with van der Waals surface area (Å²) in [5.41, 5.74) is 0.875. The number of amides is 1. The Morgan fingerprint density at radius 1 is 0.974 bits per heavy atom. The first kappa shape index (κ1) is 26.7. The molecule has 0 saturated heterocycles. The monoisotopic (exact) mass is 525 g/mol. The summed E-state index contributed by atoms with van der Waals surface area (Å²) in [5.74, 6) is 1.32. The molecule has 4 rings (SSSR count). The highest BCUT2D eigenvalue weighted by atomic mass is 19.4. The predicted molar refractivity (Wildman–Crippen MR) is 134 cm³/mol. The molecule has 38 heavy (non-hydrogen) atoms. The van der Waals surface area contributed by atoms with Crippen molar-refractivity contribution in [2.24, 2.45) is 0 Å². The van der Waals surface area contributed by atoms with Gasteiger partial charge in [0, 0.05) is 24.1 Å². The van der Waals surface area contributed by atoms with E-state index in [9.17, 15) is 18.0 Å². The highest BCUT2D eigenvalue weighted by Gasteiger charge is 2.31. The molecule has 1 aromatic heterocycles. The van der Waals surface area contributed by atoms with E-state index in [1.807, 2.05) is 37.3 Å². The van der Waals surface area contributed by atoms with E-state index in [0.29, 0.717) is 28.8 Å². The van der Waals surface area contributed by atoms with Crippen LogP contribution in [0, 0.1) is 0 Å². The van der Waals surface area contributed by atoms with Crippen LogP contribution in [-0.2, 0) is 12.6 Å². The summed E-state index contributed by atoms with van der Waals surface area (Å²) in [4.78, 5) is 19.5. The Morgan fingerprint density at radius 3 is 2.29 bits per heavy atom. The number of hydrogen-bond donors (Lipinski definition) is 0. The van der Waals surface area contributed by atoms with Crippen molar-refractivity contribution in [3.8, 4) is 22.9 Å². The maximum Gasteiger partial charge on any atom is 0.416 e. The fraction of sp³-hybridized carbons (Fsp3) is 0.250. The molecular formula is C28H26F3N3O4. The molecule has 0 aliphatic heterocycles. The zero-order chi connectivity index (χ0) is 27.3. The smallest absolute Gasteiger partial charge is 0.416 e. The van der Waals surface area contributed by atoms with E-state index in [-0.39, 0.29) is 24.6 Å². The van der Waals surface area contributed by atoms with Gasteiger partial charge in [0.1, 0.15) is 0 Å². The van der Waals surface area contributed by atoms with Crippen LogP contribution in [0.5, 0.6) is 11.5 Å². The van der Waals surface area contributed by atoms with E-state index >= 15 is 0 Å². The maximum atomic E-state index is 13.5. The van der Waals surface area contributed by atoms with Gasteiger partial charge in [-0.25, -0.2) is 0 Å². The third kappa shape index (κ3) is 5.96. The number of rotatable bonds is 9. The van der Waals surface area contributed by atoms with Gasteiger partial charge in [-0.15, -0.1) is 0 Å². The first-order valence-corrected chi connectivity index (χ1v) is 11.8. The van der Waals surface area contributed by atoms with Gasteiger partial charge in [-0.05, 0) is 55.0 Å². The summed E-state index contributed by atoms with van der Waals surface area (Å²) in [6, 6.07) is 18.4. The van der Waals surface area contributed by atoms with Gasteiger partial charge in [-0.2, -0.15) is 18.2 Å². The van der Waals surface area contributed by atoms with Crippen molar-refractivity contribution in [1.82, 2.24) is 15.0 Å². The number of carbonyl (C=O) groups is 1. The average Bonchev–Trinajstić information content (AvgIpc) is 3.41. The predicted octanol–water partition coefficient (Wildman–Crippen LogP) is 6.22. The minimum absolute atomic E-state index is 0.150. The number of hydrogen-bond acceptors (Lipinski definition) is 6. The number of nitrogens with zero attached hydrogens (tertiary/aromatic N) is 3. The van der Waals surface area contributed by atoms with E-state index in [0.717, 1.165) is 17.7 Å². The van der Waals surface area contributed by atoms with E-state index in [2.05, 4.69) is 10.1 Å². The molecule has 198 valence electrons. The van der Waals surface area contributed by atoms with Crippen molar-refractivity contribution in [3.05, 3.63) is 95.4 Å². The molecule has 0 bridgehead atoms. The third-order valence-electron chi connectivity index (χ3n) is 6.15. The Kier molecular flexibility index (Phi) is 7.99. The van der Waals surface area contributed by atoms with Crippen LogP contribution in [0.3, 0.4) is 0 Å². The number of benzene rings is 3. The van der Waals surface area contributed by atoms with Crippen LogP contribution < -0.4 is 9.47 Å². The van der Waals surface area contributed by atoms with E-state index in [1.165, 1.54) is 26.4 Å². The van der Waals surface area contributed by atoms with Crippen LogP contribution in [0.1, 0.15) is 40.3 Å². The van der Waals surface area contributed by atoms with Gasteiger partial charge in [-0.3, -0.25) is 4.79 Å². The van der Waals surface area contributed by atoms with Gasteiger partial charge in [0.15, 0.2) is 11.5 Å². The molecule has 1 atom stereocenters. The second-order valence-electron chi connectivity index (χ2n) is 8.49. The highest BCUT2D eigenvalue weighted by Crippen LogP contribution is 2.32. The molecule has 0 N–H and O–H groups in total. The molecule has 0 spiro atoms. The number of halogens is 3. The third-order valence-corrected chi connectivity index (χ3v) is 6.15. The Hall–Kier alpha value is -4.34. The lowest BCUT2D eigenvalue weighted by Gasteiger charge is -2.29. The SMILES string of the molecule is COc1ccc(-c2noc(CCN(C(=O)c3ccc(C(F)(F)F)cc3)[C@@H](C)c3ccccc3)n2)cc1OC. The molecule has 4 aromatic rings. The second kappa shape index (κ2) is 11.4. The van der Waals surface area contributed by atoms with Gasteiger partial charge in [0.05, 0.1) is 25.8 Å². The molecule has 1 amide bonds. The quantitative estimate of drug-likeness (QED) is 0.258. The molecule has 0 saturated carbocycles. The van der Waals surface area contributed by atoms with E-state index in [1.54, 1.807) is 23.1 Å². The number of carbonyl (C=O) groups excluding carboxylic acids is 1. The molecular weight excluding hydrogens is 499 g/mol. The van der Waals surface area contributed by atoms with Crippen LogP contribution in [-0.4, -0.2) is 41.7 Å². The number of ether oxygens (including phenoxy) is 2. The fourth-order valence-corrected chi connectivity index (χ4v) is 4.02. The van der Waals surface area contributed by atoms with Gasteiger partial charge in [0.2, 0.25) is 11.7 Å². The summed E-state index contributed by atoms with van der Waals surface area (Å²) < 4.78 is 55.0. The van der Waals surface area contributed by atoms with Gasteiger partial charge in [-0.1, -0.05) is 35.5 Å². The van der Waals surface area contributed by atoms with Gasteiger partial charge >= 0.3 is 6.18 Å². The molecule has 7 nitrogen and oxygen atoms in total. The van der Waals surface area contributed by atoms with Crippen molar-refractivity contribution >= 4 is 5.91 Å². The summed E-state index contributed by atoms with van der Waals surface area (Å²) >= 11 is 0. The standard InChI is InChI=1S/C28H26F3N3O4/c1-18(19-7-5-4-6-8-19)34(27(35)20-9-12-22(13-10-20)28(29,30)31)16-15-25-32-26(33-38-25)21-11-14-23(36-2)24(17-21)37-3/h4-14,17-18H,15-16H2,1-3H3/t18-/m0/s1. The molecule has 0 aliphatic carbocycles. The van der Waals surface area contributed by atoms with Crippen LogP contribution in [0.25, 0.3) is 11.4 Å². The zero-order valence-electron chi connectivity index (χ0n) is 21.0. The van der Waals surface area contributed by atoms with Crippen molar-refractivity contribution < 1.29 is 32.0 Å². The molecule has 0 aliphatic rings. The number of methoxy groups -OCH3 is 2. The summed E-state index contributed by atoms with van der Waals surface area (Å²) in [7, 11) is 3.07. The van der Waals surface area contributed by atoms with Gasteiger partial charge < -0.3 is 18.9 Å². The first-order valence-electron chi connectivity index (χ1n) is 11.8. The Morgan fingerprint density at radius 2 is 1.66 bits per heavy atom.